The molecule has 0 fully saturated rings. The van der Waals surface area contributed by atoms with Crippen molar-refractivity contribution in [1.29, 1.82) is 0 Å². The topological polar surface area (TPSA) is 65.2 Å². The number of hydrogen-bond acceptors (Lipinski definition) is 4. The van der Waals surface area contributed by atoms with Gasteiger partial charge in [0.25, 0.3) is 0 Å². The number of esters is 1. The third-order valence-electron chi connectivity index (χ3n) is 1.46. The van der Waals surface area contributed by atoms with Crippen molar-refractivity contribution in [3.63, 3.8) is 0 Å². The van der Waals surface area contributed by atoms with Gasteiger partial charge >= 0.3 is 5.97 Å². The largest absolute Gasteiger partial charge is 0.426 e. The summed E-state index contributed by atoms with van der Waals surface area (Å²) in [6.07, 6.45) is 3.68. The molecule has 0 amide bonds. The van der Waals surface area contributed by atoms with Gasteiger partial charge in [0.1, 0.15) is 5.75 Å². The Labute approximate surface area is 87.1 Å². The molecule has 0 aliphatic carbocycles. The molecule has 1 rings (SSSR count). The summed E-state index contributed by atoms with van der Waals surface area (Å²) in [5, 5.41) is 0. The normalized spacial score (nSPS) is 9.43. The molecule has 0 radical (unpaired) electrons. The first-order chi connectivity index (χ1) is 6.68. The second kappa shape index (κ2) is 5.29. The van der Waals surface area contributed by atoms with E-state index in [1.165, 1.54) is 0 Å². The Hall–Kier alpha value is -1.49. The maximum atomic E-state index is 11.2. The maximum absolute atomic E-state index is 11.2. The Morgan fingerprint density at radius 3 is 2.64 bits per heavy atom. The van der Waals surface area contributed by atoms with Crippen molar-refractivity contribution in [1.82, 2.24) is 4.98 Å². The Kier molecular flexibility index (Phi) is 4.00. The lowest BCUT2D eigenvalue weighted by atomic mass is 10.3. The number of thiocarbonyl (C=S) groups is 1. The molecule has 0 aliphatic heterocycles. The van der Waals surface area contributed by atoms with Crippen LogP contribution in [0.1, 0.15) is 12.8 Å². The zero-order valence-electron chi connectivity index (χ0n) is 7.47. The molecule has 0 bridgehead atoms. The van der Waals surface area contributed by atoms with Gasteiger partial charge in [-0.1, -0.05) is 12.2 Å². The van der Waals surface area contributed by atoms with Crippen LogP contribution in [0, 0.1) is 0 Å². The lowest BCUT2D eigenvalue weighted by Crippen LogP contribution is -2.14. The smallest absolute Gasteiger partial charge is 0.311 e. The Balaban J connectivity index is 2.38. The minimum absolute atomic E-state index is 0.206. The highest BCUT2D eigenvalue weighted by molar-refractivity contribution is 7.80. The predicted octanol–water partition coefficient (Wildman–Crippen LogP) is 1.05. The van der Waals surface area contributed by atoms with Gasteiger partial charge in [0.15, 0.2) is 0 Å². The number of carbonyl (C=O) groups is 1. The second-order valence-corrected chi connectivity index (χ2v) is 3.15. The number of hydrogen-bond donors (Lipinski definition) is 1. The summed E-state index contributed by atoms with van der Waals surface area (Å²) in [6, 6.07) is 3.22. The molecule has 1 heterocycles. The fourth-order valence-electron chi connectivity index (χ4n) is 0.814. The molecular weight excluding hydrogens is 200 g/mol. The fraction of sp³-hybridized carbons (Fsp3) is 0.222. The molecule has 4 nitrogen and oxygen atoms in total. The lowest BCUT2D eigenvalue weighted by molar-refractivity contribution is -0.134. The average Bonchev–Trinajstić information content (AvgIpc) is 2.16. The summed E-state index contributed by atoms with van der Waals surface area (Å²) in [5.74, 6) is 0.136. The van der Waals surface area contributed by atoms with Crippen molar-refractivity contribution in [2.24, 2.45) is 5.73 Å². The summed E-state index contributed by atoms with van der Waals surface area (Å²) in [5.41, 5.74) is 5.25. The third-order valence-corrected chi connectivity index (χ3v) is 1.66. The number of rotatable bonds is 4. The van der Waals surface area contributed by atoms with Crippen molar-refractivity contribution < 1.29 is 9.53 Å². The zero-order chi connectivity index (χ0) is 10.4. The molecular formula is C9H10N2O2S. The number of aromatic nitrogens is 1. The summed E-state index contributed by atoms with van der Waals surface area (Å²) < 4.78 is 4.97. The molecule has 5 heteroatoms. The van der Waals surface area contributed by atoms with E-state index in [9.17, 15) is 4.79 Å². The van der Waals surface area contributed by atoms with Crippen LogP contribution in [-0.4, -0.2) is 15.9 Å². The molecule has 1 aromatic rings. The summed E-state index contributed by atoms with van der Waals surface area (Å²) in [6.45, 7) is 0. The Bertz CT molecular complexity index is 327. The number of pyridine rings is 1. The van der Waals surface area contributed by atoms with Crippen molar-refractivity contribution in [2.45, 2.75) is 12.8 Å². The van der Waals surface area contributed by atoms with Crippen molar-refractivity contribution >= 4 is 23.2 Å². The predicted molar refractivity (Wildman–Crippen MR) is 55.9 cm³/mol. The van der Waals surface area contributed by atoms with Crippen LogP contribution in [0.5, 0.6) is 5.75 Å². The van der Waals surface area contributed by atoms with Crippen molar-refractivity contribution in [2.75, 3.05) is 0 Å². The van der Waals surface area contributed by atoms with Gasteiger partial charge < -0.3 is 10.5 Å². The monoisotopic (exact) mass is 210 g/mol. The summed E-state index contributed by atoms with van der Waals surface area (Å²) >= 11 is 4.64. The highest BCUT2D eigenvalue weighted by atomic mass is 32.1. The van der Waals surface area contributed by atoms with Crippen molar-refractivity contribution in [3.8, 4) is 5.75 Å². The van der Waals surface area contributed by atoms with E-state index in [1.54, 1.807) is 24.5 Å². The third kappa shape index (κ3) is 3.95. The molecule has 14 heavy (non-hydrogen) atoms. The highest BCUT2D eigenvalue weighted by Crippen LogP contribution is 2.08. The SMILES string of the molecule is NC(=S)CCC(=O)Oc1ccncc1. The van der Waals surface area contributed by atoms with Gasteiger partial charge in [-0.15, -0.1) is 0 Å². The zero-order valence-corrected chi connectivity index (χ0v) is 8.29. The highest BCUT2D eigenvalue weighted by Gasteiger charge is 2.04. The molecule has 1 aromatic heterocycles. The summed E-state index contributed by atoms with van der Waals surface area (Å²) in [7, 11) is 0. The Morgan fingerprint density at radius 2 is 2.07 bits per heavy atom. The van der Waals surface area contributed by atoms with Crippen LogP contribution in [0.25, 0.3) is 0 Å². The lowest BCUT2D eigenvalue weighted by Gasteiger charge is -2.02. The molecule has 0 atom stereocenters. The minimum atomic E-state index is -0.344. The summed E-state index contributed by atoms with van der Waals surface area (Å²) in [4.78, 5) is 15.3. The van der Waals surface area contributed by atoms with Gasteiger partial charge in [-0.3, -0.25) is 9.78 Å². The standard InChI is InChI=1S/C9H10N2O2S/c10-8(14)1-2-9(12)13-7-3-5-11-6-4-7/h3-6H,1-2H2,(H2,10,14). The van der Waals surface area contributed by atoms with Crippen LogP contribution >= 0.6 is 12.2 Å². The first-order valence-electron chi connectivity index (χ1n) is 4.07. The van der Waals surface area contributed by atoms with Gasteiger partial charge in [-0.25, -0.2) is 0 Å². The minimum Gasteiger partial charge on any atom is -0.426 e. The van der Waals surface area contributed by atoms with Crippen LogP contribution in [0.4, 0.5) is 0 Å². The average molecular weight is 210 g/mol. The second-order valence-electron chi connectivity index (χ2n) is 2.62. The molecule has 0 spiro atoms. The van der Waals surface area contributed by atoms with E-state index in [1.807, 2.05) is 0 Å². The molecule has 0 saturated heterocycles. The van der Waals surface area contributed by atoms with Crippen molar-refractivity contribution in [3.05, 3.63) is 24.5 Å². The van der Waals surface area contributed by atoms with E-state index in [2.05, 4.69) is 17.2 Å². The quantitative estimate of drug-likeness (QED) is 0.594. The van der Waals surface area contributed by atoms with Gasteiger partial charge in [0, 0.05) is 18.8 Å². The Morgan fingerprint density at radius 1 is 1.43 bits per heavy atom. The number of nitrogens with two attached hydrogens (primary N) is 1. The molecule has 0 aliphatic rings. The van der Waals surface area contributed by atoms with E-state index in [0.717, 1.165) is 0 Å². The fourth-order valence-corrected chi connectivity index (χ4v) is 0.916. The van der Waals surface area contributed by atoms with Gasteiger partial charge in [0.2, 0.25) is 0 Å². The van der Waals surface area contributed by atoms with E-state index >= 15 is 0 Å². The number of nitrogens with zero attached hydrogens (tertiary/aromatic N) is 1. The molecule has 0 unspecified atom stereocenters. The first-order valence-corrected chi connectivity index (χ1v) is 4.48. The van der Waals surface area contributed by atoms with E-state index in [0.29, 0.717) is 17.2 Å². The number of ether oxygens (including phenoxy) is 1. The molecule has 2 N–H and O–H groups in total. The van der Waals surface area contributed by atoms with Crippen LogP contribution < -0.4 is 10.5 Å². The van der Waals surface area contributed by atoms with Gasteiger partial charge in [-0.05, 0) is 12.1 Å². The van der Waals surface area contributed by atoms with Gasteiger partial charge in [0.05, 0.1) is 11.4 Å². The first kappa shape index (κ1) is 10.6. The van der Waals surface area contributed by atoms with Gasteiger partial charge in [-0.2, -0.15) is 0 Å². The van der Waals surface area contributed by atoms with Crippen LogP contribution in [0.2, 0.25) is 0 Å². The molecule has 0 saturated carbocycles. The van der Waals surface area contributed by atoms with Crippen LogP contribution in [0.3, 0.4) is 0 Å². The van der Waals surface area contributed by atoms with Crippen LogP contribution in [0.15, 0.2) is 24.5 Å². The maximum Gasteiger partial charge on any atom is 0.311 e. The van der Waals surface area contributed by atoms with E-state index in [4.69, 9.17) is 10.5 Å². The van der Waals surface area contributed by atoms with Crippen LogP contribution in [-0.2, 0) is 4.79 Å². The van der Waals surface area contributed by atoms with E-state index in [-0.39, 0.29) is 12.4 Å². The molecule has 74 valence electrons. The molecule has 0 aromatic carbocycles. The number of carbonyl (C=O) groups excluding carboxylic acids is 1. The van der Waals surface area contributed by atoms with E-state index < -0.39 is 0 Å².